The molecule has 1 heterocycles. The maximum absolute atomic E-state index is 12.4. The summed E-state index contributed by atoms with van der Waals surface area (Å²) in [6, 6.07) is 2.22. The van der Waals surface area contributed by atoms with Gasteiger partial charge in [0, 0.05) is 37.6 Å². The van der Waals surface area contributed by atoms with Crippen LogP contribution in [0.5, 0.6) is 5.75 Å². The Morgan fingerprint density at radius 2 is 2.25 bits per heavy atom. The van der Waals surface area contributed by atoms with Crippen molar-refractivity contribution < 1.29 is 23.2 Å². The van der Waals surface area contributed by atoms with Crippen molar-refractivity contribution in [1.82, 2.24) is 14.9 Å². The Bertz CT molecular complexity index is 708. The predicted octanol–water partition coefficient (Wildman–Crippen LogP) is 2.21. The minimum atomic E-state index is -3.13. The molecule has 0 aliphatic carbocycles. The van der Waals surface area contributed by atoms with Crippen molar-refractivity contribution in [2.75, 3.05) is 11.9 Å². The van der Waals surface area contributed by atoms with Crippen LogP contribution in [0, 0.1) is 10.1 Å². The Labute approximate surface area is 134 Å². The lowest BCUT2D eigenvalue weighted by Crippen LogP contribution is -2.31. The number of nitro groups is 1. The van der Waals surface area contributed by atoms with Crippen LogP contribution in [-0.4, -0.2) is 33.7 Å². The summed E-state index contributed by atoms with van der Waals surface area (Å²) in [5.41, 5.74) is -0.602. The van der Waals surface area contributed by atoms with Gasteiger partial charge >= 0.3 is 12.6 Å². The molecule has 0 bridgehead atoms. The summed E-state index contributed by atoms with van der Waals surface area (Å²) in [6.45, 7) is -2.44. The van der Waals surface area contributed by atoms with Crippen molar-refractivity contribution in [2.24, 2.45) is 0 Å². The summed E-state index contributed by atoms with van der Waals surface area (Å²) in [4.78, 5) is 25.7. The molecule has 2 N–H and O–H groups in total. The van der Waals surface area contributed by atoms with Gasteiger partial charge in [0.25, 0.3) is 5.69 Å². The average molecular weight is 341 g/mol. The fourth-order valence-corrected chi connectivity index (χ4v) is 1.81. The number of nitrogens with one attached hydrogen (secondary N) is 2. The number of carbonyl (C=O) groups is 1. The van der Waals surface area contributed by atoms with Crippen molar-refractivity contribution in [2.45, 2.75) is 13.2 Å². The quantitative estimate of drug-likeness (QED) is 0.592. The van der Waals surface area contributed by atoms with Crippen LogP contribution >= 0.6 is 0 Å². The fraction of sp³-hybridized carbons (Fsp3) is 0.231. The molecule has 0 atom stereocenters. The molecule has 24 heavy (non-hydrogen) atoms. The van der Waals surface area contributed by atoms with Gasteiger partial charge in [-0.3, -0.25) is 10.1 Å². The second-order valence-corrected chi connectivity index (χ2v) is 4.50. The lowest BCUT2D eigenvalue weighted by molar-refractivity contribution is -0.384. The second kappa shape index (κ2) is 7.85. The fourth-order valence-electron chi connectivity index (χ4n) is 1.81. The number of anilines is 1. The van der Waals surface area contributed by atoms with E-state index in [2.05, 4.69) is 20.4 Å². The van der Waals surface area contributed by atoms with Gasteiger partial charge in [-0.1, -0.05) is 0 Å². The third-order valence-electron chi connectivity index (χ3n) is 2.85. The maximum atomic E-state index is 12.4. The number of alkyl halides is 2. The van der Waals surface area contributed by atoms with E-state index >= 15 is 0 Å². The van der Waals surface area contributed by atoms with Gasteiger partial charge in [0.05, 0.1) is 16.9 Å². The SMILES string of the molecule is O=C(NCCn1ccnc1)Nc1cc([N+](=O)[O-])ccc1OC(F)F. The summed E-state index contributed by atoms with van der Waals surface area (Å²) in [7, 11) is 0. The average Bonchev–Trinajstić information content (AvgIpc) is 3.01. The van der Waals surface area contributed by atoms with E-state index in [1.54, 1.807) is 23.3 Å². The van der Waals surface area contributed by atoms with Crippen molar-refractivity contribution in [3.63, 3.8) is 0 Å². The number of halogens is 2. The predicted molar refractivity (Wildman–Crippen MR) is 79.0 cm³/mol. The Morgan fingerprint density at radius 1 is 1.46 bits per heavy atom. The molecule has 1 aromatic carbocycles. The van der Waals surface area contributed by atoms with E-state index in [1.807, 2.05) is 0 Å². The number of hydrogen-bond donors (Lipinski definition) is 2. The van der Waals surface area contributed by atoms with Crippen LogP contribution in [0.15, 0.2) is 36.9 Å². The van der Waals surface area contributed by atoms with E-state index < -0.39 is 17.6 Å². The standard InChI is InChI=1S/C13H13F2N5O4/c14-12(15)24-11-2-1-9(20(22)23)7-10(11)18-13(21)17-4-6-19-5-3-16-8-19/h1-3,5,7-8,12H,4,6H2,(H2,17,18,21). The minimum absolute atomic E-state index is 0.232. The number of hydrogen-bond acceptors (Lipinski definition) is 5. The van der Waals surface area contributed by atoms with Crippen LogP contribution in [0.1, 0.15) is 0 Å². The van der Waals surface area contributed by atoms with Gasteiger partial charge in [-0.15, -0.1) is 0 Å². The highest BCUT2D eigenvalue weighted by Crippen LogP contribution is 2.30. The maximum Gasteiger partial charge on any atom is 0.387 e. The molecular formula is C13H13F2N5O4. The van der Waals surface area contributed by atoms with Gasteiger partial charge in [0.2, 0.25) is 0 Å². The number of nitrogens with zero attached hydrogens (tertiary/aromatic N) is 3. The highest BCUT2D eigenvalue weighted by atomic mass is 19.3. The molecule has 0 spiro atoms. The first-order chi connectivity index (χ1) is 11.5. The molecule has 0 fully saturated rings. The molecule has 0 radical (unpaired) electrons. The summed E-state index contributed by atoms with van der Waals surface area (Å²) in [5.74, 6) is -0.375. The molecule has 0 saturated carbocycles. The van der Waals surface area contributed by atoms with Crippen LogP contribution in [0.4, 0.5) is 25.0 Å². The lowest BCUT2D eigenvalue weighted by Gasteiger charge is -2.12. The number of benzene rings is 1. The zero-order valence-electron chi connectivity index (χ0n) is 12.2. The molecule has 9 nitrogen and oxygen atoms in total. The van der Waals surface area contributed by atoms with Crippen LogP contribution in [0.25, 0.3) is 0 Å². The van der Waals surface area contributed by atoms with Crippen LogP contribution in [-0.2, 0) is 6.54 Å². The Hall–Kier alpha value is -3.24. The topological polar surface area (TPSA) is 111 Å². The smallest absolute Gasteiger partial charge is 0.387 e. The number of rotatable bonds is 7. The zero-order chi connectivity index (χ0) is 17.5. The molecule has 0 aliphatic rings. The Kier molecular flexibility index (Phi) is 5.60. The van der Waals surface area contributed by atoms with Gasteiger partial charge in [-0.25, -0.2) is 9.78 Å². The van der Waals surface area contributed by atoms with E-state index in [0.717, 1.165) is 18.2 Å². The third-order valence-corrected chi connectivity index (χ3v) is 2.85. The Balaban J connectivity index is 2.00. The lowest BCUT2D eigenvalue weighted by atomic mass is 10.2. The number of carbonyl (C=O) groups excluding carboxylic acids is 1. The summed E-state index contributed by atoms with van der Waals surface area (Å²) >= 11 is 0. The third kappa shape index (κ3) is 4.90. The molecule has 1 aromatic heterocycles. The van der Waals surface area contributed by atoms with Gasteiger partial charge in [-0.2, -0.15) is 8.78 Å². The molecular weight excluding hydrogens is 328 g/mol. The number of non-ortho nitro benzene ring substituents is 1. The monoisotopic (exact) mass is 341 g/mol. The number of amides is 2. The highest BCUT2D eigenvalue weighted by molar-refractivity contribution is 5.91. The van der Waals surface area contributed by atoms with Crippen molar-refractivity contribution >= 4 is 17.4 Å². The highest BCUT2D eigenvalue weighted by Gasteiger charge is 2.16. The first kappa shape index (κ1) is 17.1. The van der Waals surface area contributed by atoms with E-state index in [4.69, 9.17) is 0 Å². The zero-order valence-corrected chi connectivity index (χ0v) is 12.2. The van der Waals surface area contributed by atoms with Gasteiger partial charge < -0.3 is 19.9 Å². The summed E-state index contributed by atoms with van der Waals surface area (Å²) < 4.78 is 30.7. The molecule has 128 valence electrons. The van der Waals surface area contributed by atoms with Crippen molar-refractivity contribution in [1.29, 1.82) is 0 Å². The molecule has 0 unspecified atom stereocenters. The molecule has 0 saturated heterocycles. The number of aromatic nitrogens is 2. The summed E-state index contributed by atoms with van der Waals surface area (Å²) in [5, 5.41) is 15.5. The van der Waals surface area contributed by atoms with Gasteiger partial charge in [-0.05, 0) is 6.07 Å². The van der Waals surface area contributed by atoms with E-state index in [1.165, 1.54) is 0 Å². The van der Waals surface area contributed by atoms with E-state index in [-0.39, 0.29) is 23.7 Å². The van der Waals surface area contributed by atoms with Crippen LogP contribution < -0.4 is 15.4 Å². The van der Waals surface area contributed by atoms with Gasteiger partial charge in [0.15, 0.2) is 0 Å². The molecule has 2 amide bonds. The van der Waals surface area contributed by atoms with Crippen molar-refractivity contribution in [3.8, 4) is 5.75 Å². The largest absolute Gasteiger partial charge is 0.433 e. The second-order valence-electron chi connectivity index (χ2n) is 4.50. The first-order valence-electron chi connectivity index (χ1n) is 6.69. The van der Waals surface area contributed by atoms with Crippen molar-refractivity contribution in [3.05, 3.63) is 47.0 Å². The number of imidazole rings is 1. The first-order valence-corrected chi connectivity index (χ1v) is 6.69. The van der Waals surface area contributed by atoms with Crippen LogP contribution in [0.2, 0.25) is 0 Å². The molecule has 2 aromatic rings. The number of ether oxygens (including phenoxy) is 1. The van der Waals surface area contributed by atoms with E-state index in [9.17, 15) is 23.7 Å². The van der Waals surface area contributed by atoms with E-state index in [0.29, 0.717) is 6.54 Å². The van der Waals surface area contributed by atoms with Crippen LogP contribution in [0.3, 0.4) is 0 Å². The normalized spacial score (nSPS) is 10.5. The number of urea groups is 1. The Morgan fingerprint density at radius 3 is 2.88 bits per heavy atom. The number of nitro benzene ring substituents is 1. The molecule has 2 rings (SSSR count). The van der Waals surface area contributed by atoms with Gasteiger partial charge in [0.1, 0.15) is 5.75 Å². The summed E-state index contributed by atoms with van der Waals surface area (Å²) in [6.07, 6.45) is 4.85. The molecule has 0 aliphatic heterocycles. The molecule has 11 heteroatoms. The minimum Gasteiger partial charge on any atom is -0.433 e.